The quantitative estimate of drug-likeness (QED) is 0.181. The van der Waals surface area contributed by atoms with Crippen molar-refractivity contribution in [3.05, 3.63) is 69.5 Å². The molecule has 220 valence electrons. The molecule has 2 aromatic carbocycles. The zero-order valence-electron chi connectivity index (χ0n) is 23.9. The monoisotopic (exact) mass is 591 g/mol. The molecule has 0 amide bonds. The van der Waals surface area contributed by atoms with Gasteiger partial charge in [0.05, 0.1) is 22.8 Å². The fourth-order valence-electron chi connectivity index (χ4n) is 4.62. The number of aryl methyl sites for hydroxylation is 1. The second kappa shape index (κ2) is 12.4. The molecule has 2 heterocycles. The van der Waals surface area contributed by atoms with Gasteiger partial charge in [-0.2, -0.15) is 0 Å². The fourth-order valence-corrected chi connectivity index (χ4v) is 5.50. The molecule has 1 fully saturated rings. The number of nitrogens with two attached hydrogens (primary N) is 1. The number of rotatable bonds is 10. The number of aromatic nitrogens is 1. The Kier molecular flexibility index (Phi) is 9.36. The van der Waals surface area contributed by atoms with E-state index in [-0.39, 0.29) is 12.3 Å². The first-order valence-corrected chi connectivity index (χ1v) is 17.2. The van der Waals surface area contributed by atoms with Crippen LogP contribution in [0.4, 0.5) is 10.5 Å². The van der Waals surface area contributed by atoms with Crippen LogP contribution in [0.5, 0.6) is 5.75 Å². The molecule has 0 spiro atoms. The first-order chi connectivity index (χ1) is 19.0. The number of anilines is 1. The summed E-state index contributed by atoms with van der Waals surface area (Å²) in [6.07, 6.45) is 5.27. The summed E-state index contributed by atoms with van der Waals surface area (Å²) in [7, 11) is -1.69. The number of carbonyl (C=O) groups excluding carboxylic acids is 1. The van der Waals surface area contributed by atoms with E-state index in [1.54, 1.807) is 25.6 Å². The number of carbonyl (C=O) groups is 1. The number of benzene rings is 2. The lowest BCUT2D eigenvalue weighted by molar-refractivity contribution is 0.139. The minimum Gasteiger partial charge on any atom is -0.494 e. The number of nitrogens with one attached hydrogen (secondary N) is 1. The van der Waals surface area contributed by atoms with E-state index in [1.807, 2.05) is 31.2 Å². The van der Waals surface area contributed by atoms with Crippen molar-refractivity contribution in [3.63, 3.8) is 0 Å². The van der Waals surface area contributed by atoms with Crippen molar-refractivity contribution in [2.75, 3.05) is 63.8 Å². The van der Waals surface area contributed by atoms with E-state index in [0.717, 1.165) is 67.2 Å². The van der Waals surface area contributed by atoms with Crippen LogP contribution in [0, 0.1) is 6.92 Å². The number of pyridine rings is 1. The van der Waals surface area contributed by atoms with Gasteiger partial charge in [-0.05, 0) is 81.1 Å². The summed E-state index contributed by atoms with van der Waals surface area (Å²) in [5, 5.41) is 7.40. The number of hydrogen-bond donors (Lipinski definition) is 3. The van der Waals surface area contributed by atoms with Crippen LogP contribution >= 0.6 is 21.1 Å². The van der Waals surface area contributed by atoms with Crippen molar-refractivity contribution in [3.8, 4) is 5.75 Å². The molecule has 3 N–H and O–H groups in total. The molecule has 1 aliphatic rings. The van der Waals surface area contributed by atoms with Gasteiger partial charge in [-0.15, -0.1) is 9.53 Å². The number of thiol groups is 1. The number of nitrogens with zero attached hydrogens (tertiary/aromatic N) is 3. The third-order valence-corrected chi connectivity index (χ3v) is 10.7. The van der Waals surface area contributed by atoms with Gasteiger partial charge >= 0.3 is 5.30 Å². The molecule has 3 aromatic rings. The van der Waals surface area contributed by atoms with Crippen LogP contribution in [-0.2, 0) is 11.5 Å². The third-order valence-electron chi connectivity index (χ3n) is 7.55. The fraction of sp³-hybridized carbons (Fsp3) is 0.448. The van der Waals surface area contributed by atoms with E-state index in [1.165, 1.54) is 10.6 Å². The van der Waals surface area contributed by atoms with E-state index in [2.05, 4.69) is 26.7 Å². The Bertz CT molecular complexity index is 1410. The molecule has 1 aliphatic heterocycles. The highest BCUT2D eigenvalue weighted by atomic mass is 35.5. The second-order valence-corrected chi connectivity index (χ2v) is 16.7. The molecular formula is C29H42ClN5O4S. The predicted octanol–water partition coefficient (Wildman–Crippen LogP) is 4.38. The smallest absolute Gasteiger partial charge is 0.356 e. The van der Waals surface area contributed by atoms with Crippen LogP contribution in [0.15, 0.2) is 53.3 Å². The maximum absolute atomic E-state index is 12.6. The van der Waals surface area contributed by atoms with Crippen molar-refractivity contribution >= 4 is 43.0 Å². The summed E-state index contributed by atoms with van der Waals surface area (Å²) >= 11 is 6.52. The highest BCUT2D eigenvalue weighted by molar-refractivity contribution is 8.56. The number of fused-ring (bicyclic) bond motifs is 1. The summed E-state index contributed by atoms with van der Waals surface area (Å²) in [5.74, 6) is 0.668. The Morgan fingerprint density at radius 2 is 1.80 bits per heavy atom. The Labute approximate surface area is 241 Å². The molecule has 9 nitrogen and oxygen atoms in total. The average molecular weight is 592 g/mol. The van der Waals surface area contributed by atoms with Crippen LogP contribution in [0.3, 0.4) is 0 Å². The molecule has 0 unspecified atom stereocenters. The summed E-state index contributed by atoms with van der Waals surface area (Å²) in [5.41, 5.74) is 2.61. The zero-order chi connectivity index (χ0) is 28.9. The first kappa shape index (κ1) is 30.2. The standard InChI is InChI=1S/C29H42ClN5O4S/c1-22-8-7-9-25(28(22)30)34-17-15-33(16-18-34)14-5-6-19-38-24-12-10-23-11-13-27(36)35(26(23)20-24)21-39-29(37)40(3,4,31)32-2/h7-13,20,32,40H,5-6,14-19,21,31H2,1-4H3. The number of piperazine rings is 1. The molecule has 0 aliphatic carbocycles. The van der Waals surface area contributed by atoms with E-state index in [4.69, 9.17) is 26.2 Å². The topological polar surface area (TPSA) is 102 Å². The lowest BCUT2D eigenvalue weighted by Gasteiger charge is -2.48. The molecule has 4 rings (SSSR count). The third kappa shape index (κ3) is 7.11. The molecule has 0 atom stereocenters. The van der Waals surface area contributed by atoms with E-state index < -0.39 is 14.8 Å². The van der Waals surface area contributed by atoms with E-state index >= 15 is 0 Å². The molecule has 1 aromatic heterocycles. The normalized spacial score (nSPS) is 15.6. The molecule has 0 bridgehead atoms. The van der Waals surface area contributed by atoms with Crippen LogP contribution in [0.2, 0.25) is 5.02 Å². The summed E-state index contributed by atoms with van der Waals surface area (Å²) in [6.45, 7) is 7.37. The van der Waals surface area contributed by atoms with Gasteiger partial charge in [-0.25, -0.2) is 4.79 Å². The molecule has 40 heavy (non-hydrogen) atoms. The number of ether oxygens (including phenoxy) is 2. The average Bonchev–Trinajstić information content (AvgIpc) is 2.94. The Hall–Kier alpha value is -2.76. The van der Waals surface area contributed by atoms with Gasteiger partial charge in [0.15, 0.2) is 6.73 Å². The van der Waals surface area contributed by atoms with Gasteiger partial charge in [0.25, 0.3) is 5.56 Å². The SMILES string of the molecule is CN[SH](C)(C)(N)C(=O)OCn1c(=O)ccc2ccc(OCCCCN3CCN(c4cccc(C)c4Cl)CC3)cc21. The van der Waals surface area contributed by atoms with Crippen molar-refractivity contribution < 1.29 is 14.3 Å². The largest absolute Gasteiger partial charge is 0.494 e. The van der Waals surface area contributed by atoms with Crippen molar-refractivity contribution in [2.24, 2.45) is 5.14 Å². The van der Waals surface area contributed by atoms with Gasteiger partial charge in [-0.3, -0.25) is 24.1 Å². The molecule has 1 saturated heterocycles. The van der Waals surface area contributed by atoms with Crippen molar-refractivity contribution in [1.29, 1.82) is 0 Å². The van der Waals surface area contributed by atoms with Crippen molar-refractivity contribution in [1.82, 2.24) is 14.2 Å². The molecule has 11 heteroatoms. The molecular weight excluding hydrogens is 550 g/mol. The minimum atomic E-state index is -3.33. The predicted molar refractivity (Wildman–Crippen MR) is 168 cm³/mol. The Morgan fingerprint density at radius 3 is 2.52 bits per heavy atom. The van der Waals surface area contributed by atoms with E-state index in [9.17, 15) is 9.59 Å². The lowest BCUT2D eigenvalue weighted by atomic mass is 10.2. The molecule has 0 radical (unpaired) electrons. The summed E-state index contributed by atoms with van der Waals surface area (Å²) < 4.78 is 15.8. The number of unbranched alkanes of at least 4 members (excludes halogenated alkanes) is 1. The minimum absolute atomic E-state index is 0.222. The number of halogens is 1. The number of hydrogen-bond acceptors (Lipinski definition) is 8. The van der Waals surface area contributed by atoms with E-state index in [0.29, 0.717) is 17.9 Å². The molecule has 0 saturated carbocycles. The van der Waals surface area contributed by atoms with Gasteiger partial charge in [0.2, 0.25) is 0 Å². The highest BCUT2D eigenvalue weighted by Gasteiger charge is 2.33. The second-order valence-electron chi connectivity index (χ2n) is 11.1. The van der Waals surface area contributed by atoms with Crippen molar-refractivity contribution in [2.45, 2.75) is 26.5 Å². The zero-order valence-corrected chi connectivity index (χ0v) is 25.5. The van der Waals surface area contributed by atoms with Gasteiger partial charge in [0.1, 0.15) is 5.75 Å². The van der Waals surface area contributed by atoms with Crippen LogP contribution in [-0.4, -0.2) is 73.7 Å². The first-order valence-electron chi connectivity index (χ1n) is 13.6. The highest BCUT2D eigenvalue weighted by Crippen LogP contribution is 2.51. The summed E-state index contributed by atoms with van der Waals surface area (Å²) in [6, 6.07) is 15.0. The maximum atomic E-state index is 12.6. The van der Waals surface area contributed by atoms with Gasteiger partial charge < -0.3 is 14.4 Å². The Morgan fingerprint density at radius 1 is 1.07 bits per heavy atom. The van der Waals surface area contributed by atoms with Crippen LogP contribution in [0.1, 0.15) is 18.4 Å². The van der Waals surface area contributed by atoms with Crippen LogP contribution < -0.4 is 25.1 Å². The summed E-state index contributed by atoms with van der Waals surface area (Å²) in [4.78, 5) is 30.1. The Balaban J connectivity index is 1.27. The maximum Gasteiger partial charge on any atom is 0.356 e. The lowest BCUT2D eigenvalue weighted by Crippen LogP contribution is -2.46. The van der Waals surface area contributed by atoms with Gasteiger partial charge in [-0.1, -0.05) is 23.7 Å². The van der Waals surface area contributed by atoms with Gasteiger partial charge in [0, 0.05) is 38.3 Å². The van der Waals surface area contributed by atoms with Crippen LogP contribution in [0.25, 0.3) is 10.9 Å².